The minimum absolute atomic E-state index is 0.568. The van der Waals surface area contributed by atoms with Gasteiger partial charge in [0.25, 0.3) is 0 Å². The van der Waals surface area contributed by atoms with E-state index >= 15 is 0 Å². The highest BCUT2D eigenvalue weighted by molar-refractivity contribution is 5.63. The van der Waals surface area contributed by atoms with Gasteiger partial charge in [-0.1, -0.05) is 13.0 Å². The van der Waals surface area contributed by atoms with Crippen molar-refractivity contribution in [1.29, 1.82) is 0 Å². The summed E-state index contributed by atoms with van der Waals surface area (Å²) in [6, 6.07) is 4.12. The lowest BCUT2D eigenvalue weighted by Crippen LogP contribution is -2.36. The van der Waals surface area contributed by atoms with Crippen LogP contribution in [0.3, 0.4) is 0 Å². The van der Waals surface area contributed by atoms with Gasteiger partial charge in [0.2, 0.25) is 5.95 Å². The number of pyridine rings is 1. The number of piperidine rings is 1. The van der Waals surface area contributed by atoms with Gasteiger partial charge in [0.1, 0.15) is 5.75 Å². The molecule has 4 heterocycles. The third-order valence-corrected chi connectivity index (χ3v) is 5.61. The number of nitrogens with zero attached hydrogens (tertiary/aromatic N) is 4. The highest BCUT2D eigenvalue weighted by Gasteiger charge is 2.21. The van der Waals surface area contributed by atoms with Crippen molar-refractivity contribution < 1.29 is 4.74 Å². The molecule has 0 saturated carbocycles. The van der Waals surface area contributed by atoms with Crippen molar-refractivity contribution in [2.45, 2.75) is 32.6 Å². The first-order chi connectivity index (χ1) is 13.8. The van der Waals surface area contributed by atoms with Crippen LogP contribution in [0.25, 0.3) is 5.57 Å². The SMILES string of the molecule is CCc1cnc(N2CCC(COc3ccc(C4=CCNCC4)nc3)CC2)nc1. The van der Waals surface area contributed by atoms with Crippen molar-refractivity contribution in [2.24, 2.45) is 5.92 Å². The lowest BCUT2D eigenvalue weighted by atomic mass is 9.98. The molecule has 148 valence electrons. The highest BCUT2D eigenvalue weighted by Crippen LogP contribution is 2.23. The number of ether oxygens (including phenoxy) is 1. The molecule has 4 rings (SSSR count). The Hall–Kier alpha value is -2.47. The molecule has 1 N–H and O–H groups in total. The molecule has 0 aromatic carbocycles. The van der Waals surface area contributed by atoms with Gasteiger partial charge in [0.15, 0.2) is 0 Å². The van der Waals surface area contributed by atoms with E-state index in [4.69, 9.17) is 4.74 Å². The molecule has 28 heavy (non-hydrogen) atoms. The first kappa shape index (κ1) is 18.9. The van der Waals surface area contributed by atoms with Gasteiger partial charge in [-0.15, -0.1) is 0 Å². The van der Waals surface area contributed by atoms with Crippen LogP contribution >= 0.6 is 0 Å². The van der Waals surface area contributed by atoms with Crippen molar-refractivity contribution in [1.82, 2.24) is 20.3 Å². The second-order valence-corrected chi connectivity index (χ2v) is 7.55. The third kappa shape index (κ3) is 4.68. The van der Waals surface area contributed by atoms with Gasteiger partial charge in [0, 0.05) is 32.0 Å². The van der Waals surface area contributed by atoms with Crippen LogP contribution in [0.15, 0.2) is 36.8 Å². The monoisotopic (exact) mass is 379 g/mol. The van der Waals surface area contributed by atoms with Crippen LogP contribution in [-0.4, -0.2) is 47.7 Å². The fourth-order valence-corrected chi connectivity index (χ4v) is 3.72. The summed E-state index contributed by atoms with van der Waals surface area (Å²) in [6.45, 7) is 6.80. The molecular weight excluding hydrogens is 350 g/mol. The van der Waals surface area contributed by atoms with E-state index in [1.165, 1.54) is 11.1 Å². The van der Waals surface area contributed by atoms with Gasteiger partial charge in [0.05, 0.1) is 18.5 Å². The van der Waals surface area contributed by atoms with Gasteiger partial charge >= 0.3 is 0 Å². The quantitative estimate of drug-likeness (QED) is 0.832. The van der Waals surface area contributed by atoms with Gasteiger partial charge in [-0.25, -0.2) is 9.97 Å². The minimum Gasteiger partial charge on any atom is -0.492 e. The topological polar surface area (TPSA) is 63.2 Å². The number of anilines is 1. The second kappa shape index (κ2) is 9.15. The van der Waals surface area contributed by atoms with Crippen molar-refractivity contribution in [2.75, 3.05) is 37.7 Å². The van der Waals surface area contributed by atoms with E-state index in [1.807, 2.05) is 24.7 Å². The van der Waals surface area contributed by atoms with Gasteiger partial charge < -0.3 is 15.0 Å². The molecule has 0 radical (unpaired) electrons. The molecule has 2 aliphatic heterocycles. The molecule has 1 saturated heterocycles. The maximum absolute atomic E-state index is 6.01. The number of rotatable bonds is 6. The molecular formula is C22H29N5O. The van der Waals surface area contributed by atoms with E-state index < -0.39 is 0 Å². The summed E-state index contributed by atoms with van der Waals surface area (Å²) in [5.41, 5.74) is 3.58. The summed E-state index contributed by atoms with van der Waals surface area (Å²) >= 11 is 0. The molecule has 0 unspecified atom stereocenters. The van der Waals surface area contributed by atoms with Gasteiger partial charge in [-0.2, -0.15) is 0 Å². The molecule has 0 aliphatic carbocycles. The minimum atomic E-state index is 0.568. The summed E-state index contributed by atoms with van der Waals surface area (Å²) in [7, 11) is 0. The summed E-state index contributed by atoms with van der Waals surface area (Å²) in [6.07, 6.45) is 12.2. The highest BCUT2D eigenvalue weighted by atomic mass is 16.5. The van der Waals surface area contributed by atoms with Crippen LogP contribution in [0.5, 0.6) is 5.75 Å². The van der Waals surface area contributed by atoms with Crippen molar-refractivity contribution >= 4 is 11.5 Å². The van der Waals surface area contributed by atoms with Crippen molar-refractivity contribution in [3.8, 4) is 5.75 Å². The summed E-state index contributed by atoms with van der Waals surface area (Å²) < 4.78 is 6.01. The first-order valence-corrected chi connectivity index (χ1v) is 10.4. The zero-order valence-electron chi connectivity index (χ0n) is 16.6. The van der Waals surface area contributed by atoms with E-state index in [0.717, 1.165) is 75.9 Å². The van der Waals surface area contributed by atoms with Crippen LogP contribution in [-0.2, 0) is 6.42 Å². The third-order valence-electron chi connectivity index (χ3n) is 5.61. The standard InChI is InChI=1S/C22H29N5O/c1-2-17-13-25-22(26-14-17)27-11-7-18(8-12-27)16-28-20-3-4-21(24-15-20)19-5-9-23-10-6-19/h3-5,13-15,18,23H,2,6-12,16H2,1H3. The molecule has 0 amide bonds. The lowest BCUT2D eigenvalue weighted by Gasteiger charge is -2.31. The molecule has 6 nitrogen and oxygen atoms in total. The average molecular weight is 380 g/mol. The molecule has 2 aromatic heterocycles. The van der Waals surface area contributed by atoms with E-state index in [2.05, 4.69) is 44.2 Å². The summed E-state index contributed by atoms with van der Waals surface area (Å²) in [5.74, 6) is 2.28. The van der Waals surface area contributed by atoms with E-state index in [0.29, 0.717) is 5.92 Å². The average Bonchev–Trinajstić information content (AvgIpc) is 2.79. The smallest absolute Gasteiger partial charge is 0.225 e. The number of nitrogens with one attached hydrogen (secondary N) is 1. The predicted octanol–water partition coefficient (Wildman–Crippen LogP) is 3.11. The fraction of sp³-hybridized carbons (Fsp3) is 0.500. The van der Waals surface area contributed by atoms with E-state index in [9.17, 15) is 0 Å². The Morgan fingerprint density at radius 1 is 1.11 bits per heavy atom. The summed E-state index contributed by atoms with van der Waals surface area (Å²) in [5, 5.41) is 3.33. The summed E-state index contributed by atoms with van der Waals surface area (Å²) in [4.78, 5) is 15.9. The normalized spacial score (nSPS) is 18.0. The Morgan fingerprint density at radius 2 is 1.93 bits per heavy atom. The number of hydrogen-bond donors (Lipinski definition) is 1. The molecule has 1 fully saturated rings. The maximum Gasteiger partial charge on any atom is 0.225 e. The van der Waals surface area contributed by atoms with Crippen LogP contribution in [0.4, 0.5) is 5.95 Å². The Kier molecular flexibility index (Phi) is 6.17. The number of aryl methyl sites for hydroxylation is 1. The zero-order valence-corrected chi connectivity index (χ0v) is 16.6. The van der Waals surface area contributed by atoms with Crippen LogP contribution in [0.2, 0.25) is 0 Å². The van der Waals surface area contributed by atoms with Crippen LogP contribution < -0.4 is 15.0 Å². The molecule has 2 aliphatic rings. The second-order valence-electron chi connectivity index (χ2n) is 7.55. The zero-order chi connectivity index (χ0) is 19.2. The van der Waals surface area contributed by atoms with E-state index in [1.54, 1.807) is 0 Å². The first-order valence-electron chi connectivity index (χ1n) is 10.4. The Morgan fingerprint density at radius 3 is 2.57 bits per heavy atom. The van der Waals surface area contributed by atoms with Crippen molar-refractivity contribution in [3.63, 3.8) is 0 Å². The predicted molar refractivity (Wildman–Crippen MR) is 112 cm³/mol. The van der Waals surface area contributed by atoms with Crippen molar-refractivity contribution in [3.05, 3.63) is 48.1 Å². The fourth-order valence-electron chi connectivity index (χ4n) is 3.72. The molecule has 0 spiro atoms. The molecule has 0 bridgehead atoms. The molecule has 2 aromatic rings. The Bertz CT molecular complexity index is 780. The van der Waals surface area contributed by atoms with Crippen LogP contribution in [0.1, 0.15) is 37.4 Å². The van der Waals surface area contributed by atoms with Gasteiger partial charge in [-0.05, 0) is 61.4 Å². The lowest BCUT2D eigenvalue weighted by molar-refractivity contribution is 0.222. The largest absolute Gasteiger partial charge is 0.492 e. The van der Waals surface area contributed by atoms with Crippen LogP contribution in [0, 0.1) is 5.92 Å². The number of aromatic nitrogens is 3. The molecule has 0 atom stereocenters. The maximum atomic E-state index is 6.01. The molecule has 6 heteroatoms. The van der Waals surface area contributed by atoms with E-state index in [-0.39, 0.29) is 0 Å². The van der Waals surface area contributed by atoms with Gasteiger partial charge in [-0.3, -0.25) is 4.98 Å². The number of hydrogen-bond acceptors (Lipinski definition) is 6. The Balaban J connectivity index is 1.24. The Labute approximate surface area is 167 Å².